The number of rotatable bonds is 1. The Balaban J connectivity index is 1.32. The van der Waals surface area contributed by atoms with Crippen LogP contribution in [0.25, 0.3) is 55.4 Å². The van der Waals surface area contributed by atoms with Crippen LogP contribution in [0.3, 0.4) is 0 Å². The molecule has 0 aliphatic heterocycles. The second-order valence-corrected chi connectivity index (χ2v) is 11.0. The van der Waals surface area contributed by atoms with Gasteiger partial charge in [-0.15, -0.1) is 0 Å². The number of aromatic nitrogens is 1. The van der Waals surface area contributed by atoms with Crippen LogP contribution in [0.15, 0.2) is 77.3 Å². The van der Waals surface area contributed by atoms with Crippen molar-refractivity contribution < 1.29 is 8.98 Å². The summed E-state index contributed by atoms with van der Waals surface area (Å²) in [6.45, 7) is 6.66. The van der Waals surface area contributed by atoms with E-state index in [9.17, 15) is 0 Å². The zero-order valence-electron chi connectivity index (χ0n) is 21.7. The van der Waals surface area contributed by atoms with Gasteiger partial charge in [-0.25, -0.2) is 4.57 Å². The highest BCUT2D eigenvalue weighted by molar-refractivity contribution is 6.08. The summed E-state index contributed by atoms with van der Waals surface area (Å²) in [7, 11) is 2.19. The first-order valence-electron chi connectivity index (χ1n) is 13.2. The number of nitrogens with zero attached hydrogens (tertiary/aromatic N) is 1. The Morgan fingerprint density at radius 3 is 2.30 bits per heavy atom. The molecular formula is C35H28NO+. The predicted octanol–water partition coefficient (Wildman–Crippen LogP) is 8.15. The molecule has 2 aromatic heterocycles. The summed E-state index contributed by atoms with van der Waals surface area (Å²) in [6, 6.07) is 24.8. The van der Waals surface area contributed by atoms with E-state index >= 15 is 0 Å². The highest BCUT2D eigenvalue weighted by Gasteiger charge is 2.29. The van der Waals surface area contributed by atoms with Crippen molar-refractivity contribution in [3.8, 4) is 33.5 Å². The maximum atomic E-state index is 6.28. The molecule has 0 atom stereocenters. The Bertz CT molecular complexity index is 1970. The average molecular weight is 479 g/mol. The largest absolute Gasteiger partial charge is 0.456 e. The Labute approximate surface area is 216 Å². The van der Waals surface area contributed by atoms with Gasteiger partial charge in [0, 0.05) is 28.8 Å². The van der Waals surface area contributed by atoms with Gasteiger partial charge in [0.15, 0.2) is 6.20 Å². The summed E-state index contributed by atoms with van der Waals surface area (Å²) in [5.74, 6) is 0. The second-order valence-electron chi connectivity index (χ2n) is 11.0. The molecule has 0 spiro atoms. The van der Waals surface area contributed by atoms with Crippen molar-refractivity contribution in [2.45, 2.75) is 33.6 Å². The van der Waals surface area contributed by atoms with Crippen molar-refractivity contribution in [3.63, 3.8) is 0 Å². The van der Waals surface area contributed by atoms with Gasteiger partial charge >= 0.3 is 0 Å². The Morgan fingerprint density at radius 2 is 1.41 bits per heavy atom. The van der Waals surface area contributed by atoms with Gasteiger partial charge in [-0.2, -0.15) is 0 Å². The van der Waals surface area contributed by atoms with Crippen molar-refractivity contribution in [2.24, 2.45) is 7.05 Å². The van der Waals surface area contributed by atoms with Crippen molar-refractivity contribution in [3.05, 3.63) is 112 Å². The molecule has 0 N–H and O–H groups in total. The zero-order chi connectivity index (χ0) is 25.0. The molecule has 0 unspecified atom stereocenters. The fourth-order valence-corrected chi connectivity index (χ4v) is 6.88. The van der Waals surface area contributed by atoms with Gasteiger partial charge in [0.05, 0.1) is 5.56 Å². The van der Waals surface area contributed by atoms with Gasteiger partial charge in [0.1, 0.15) is 18.2 Å². The van der Waals surface area contributed by atoms with Crippen LogP contribution in [0.5, 0.6) is 0 Å². The smallest absolute Gasteiger partial charge is 0.213 e. The molecule has 2 aliphatic rings. The van der Waals surface area contributed by atoms with E-state index in [1.165, 1.54) is 83.2 Å². The number of furan rings is 1. The van der Waals surface area contributed by atoms with Crippen LogP contribution in [0.2, 0.25) is 0 Å². The van der Waals surface area contributed by atoms with Gasteiger partial charge in [-0.3, -0.25) is 0 Å². The number of fused-ring (bicyclic) bond motifs is 9. The van der Waals surface area contributed by atoms with Crippen molar-refractivity contribution in [2.75, 3.05) is 0 Å². The third-order valence-electron chi connectivity index (χ3n) is 8.87. The molecule has 2 aliphatic carbocycles. The first kappa shape index (κ1) is 21.0. The molecule has 2 heteroatoms. The molecule has 2 heterocycles. The van der Waals surface area contributed by atoms with Crippen LogP contribution in [0.1, 0.15) is 38.9 Å². The van der Waals surface area contributed by atoms with Crippen molar-refractivity contribution in [1.82, 2.24) is 0 Å². The van der Waals surface area contributed by atoms with Gasteiger partial charge in [-0.05, 0) is 107 Å². The molecule has 8 rings (SSSR count). The van der Waals surface area contributed by atoms with E-state index in [-0.39, 0.29) is 0 Å². The number of hydrogen-bond donors (Lipinski definition) is 0. The average Bonchev–Trinajstić information content (AvgIpc) is 3.55. The number of benzene rings is 4. The van der Waals surface area contributed by atoms with E-state index in [0.29, 0.717) is 0 Å². The van der Waals surface area contributed by atoms with E-state index in [1.807, 2.05) is 6.07 Å². The third-order valence-corrected chi connectivity index (χ3v) is 8.87. The van der Waals surface area contributed by atoms with Crippen molar-refractivity contribution >= 4 is 21.9 Å². The summed E-state index contributed by atoms with van der Waals surface area (Å²) in [5, 5.41) is 2.38. The standard InChI is InChI=1S/C35H28NO/c1-19-8-7-9-22-12-24-14-28-23(15-30(24)34(19)22)13-25-18-36(4)32(17-29(25)28)27-16-31-26-10-5-6-11-33(26)37-35(31)21(3)20(27)2/h5-11,14-18H,12-13H2,1-4H3/q+1. The predicted molar refractivity (Wildman–Crippen MR) is 151 cm³/mol. The minimum Gasteiger partial charge on any atom is -0.456 e. The lowest BCUT2D eigenvalue weighted by atomic mass is 9.94. The molecule has 6 aromatic rings. The fourth-order valence-electron chi connectivity index (χ4n) is 6.88. The normalized spacial score (nSPS) is 13.2. The Kier molecular flexibility index (Phi) is 4.08. The fraction of sp³-hybridized carbons (Fsp3) is 0.171. The first-order chi connectivity index (χ1) is 18.0. The molecule has 0 fully saturated rings. The van der Waals surface area contributed by atoms with E-state index < -0.39 is 0 Å². The minimum atomic E-state index is 0.953. The summed E-state index contributed by atoms with van der Waals surface area (Å²) in [5.41, 5.74) is 19.8. The number of hydrogen-bond acceptors (Lipinski definition) is 1. The monoisotopic (exact) mass is 478 g/mol. The van der Waals surface area contributed by atoms with E-state index in [0.717, 1.165) is 24.0 Å². The Morgan fingerprint density at radius 1 is 0.649 bits per heavy atom. The molecule has 0 amide bonds. The highest BCUT2D eigenvalue weighted by atomic mass is 16.3. The van der Waals surface area contributed by atoms with E-state index in [1.54, 1.807) is 0 Å². The Hall–Kier alpha value is -4.17. The van der Waals surface area contributed by atoms with Crippen LogP contribution >= 0.6 is 0 Å². The van der Waals surface area contributed by atoms with Crippen LogP contribution in [-0.4, -0.2) is 0 Å². The summed E-state index contributed by atoms with van der Waals surface area (Å²) < 4.78 is 8.59. The SMILES string of the molecule is Cc1cccc2c1-c1cc3c(cc1C2)-c1cc(-c2cc4c(oc5ccccc54)c(C)c2C)[n+](C)cc1C3. The van der Waals surface area contributed by atoms with Crippen LogP contribution in [0, 0.1) is 20.8 Å². The van der Waals surface area contributed by atoms with Gasteiger partial charge in [-0.1, -0.05) is 36.4 Å². The van der Waals surface area contributed by atoms with Crippen LogP contribution in [-0.2, 0) is 19.9 Å². The molecule has 178 valence electrons. The quantitative estimate of drug-likeness (QED) is 0.218. The molecule has 0 saturated carbocycles. The van der Waals surface area contributed by atoms with Gasteiger partial charge in [0.25, 0.3) is 0 Å². The lowest BCUT2D eigenvalue weighted by Gasteiger charge is -2.11. The first-order valence-corrected chi connectivity index (χ1v) is 13.2. The molecule has 37 heavy (non-hydrogen) atoms. The number of para-hydroxylation sites is 1. The lowest BCUT2D eigenvalue weighted by molar-refractivity contribution is -0.660. The minimum absolute atomic E-state index is 0.953. The van der Waals surface area contributed by atoms with Crippen LogP contribution < -0.4 is 4.57 Å². The van der Waals surface area contributed by atoms with Gasteiger partial charge < -0.3 is 4.42 Å². The number of aryl methyl sites for hydroxylation is 3. The molecule has 0 saturated heterocycles. The molecule has 2 nitrogen and oxygen atoms in total. The summed E-state index contributed by atoms with van der Waals surface area (Å²) in [6.07, 6.45) is 4.38. The number of pyridine rings is 1. The van der Waals surface area contributed by atoms with Crippen molar-refractivity contribution in [1.29, 1.82) is 0 Å². The van der Waals surface area contributed by atoms with Gasteiger partial charge in [0.2, 0.25) is 5.69 Å². The third kappa shape index (κ3) is 2.79. The highest BCUT2D eigenvalue weighted by Crippen LogP contribution is 2.46. The van der Waals surface area contributed by atoms with E-state index in [4.69, 9.17) is 4.42 Å². The zero-order valence-corrected chi connectivity index (χ0v) is 21.7. The summed E-state index contributed by atoms with van der Waals surface area (Å²) in [4.78, 5) is 0. The lowest BCUT2D eigenvalue weighted by Crippen LogP contribution is -2.31. The molecular weight excluding hydrogens is 450 g/mol. The topological polar surface area (TPSA) is 17.0 Å². The molecule has 0 radical (unpaired) electrons. The maximum Gasteiger partial charge on any atom is 0.213 e. The van der Waals surface area contributed by atoms with E-state index in [2.05, 4.69) is 99.2 Å². The molecule has 4 aromatic carbocycles. The molecule has 0 bridgehead atoms. The van der Waals surface area contributed by atoms with Crippen LogP contribution in [0.4, 0.5) is 0 Å². The summed E-state index contributed by atoms with van der Waals surface area (Å²) >= 11 is 0. The second kappa shape index (κ2) is 7.20. The maximum absolute atomic E-state index is 6.28.